The molecule has 12 nitrogen and oxygen atoms in total. The summed E-state index contributed by atoms with van der Waals surface area (Å²) in [6.45, 7) is 0. The van der Waals surface area contributed by atoms with Crippen LogP contribution in [0.4, 0.5) is 0 Å². The molecule has 0 unspecified atom stereocenters. The third kappa shape index (κ3) is 15.9. The van der Waals surface area contributed by atoms with Crippen molar-refractivity contribution in [1.29, 1.82) is 0 Å². The summed E-state index contributed by atoms with van der Waals surface area (Å²) in [5.74, 6) is 5.79. The van der Waals surface area contributed by atoms with Crippen molar-refractivity contribution in [2.75, 3.05) is 0 Å². The summed E-state index contributed by atoms with van der Waals surface area (Å²) in [5.41, 5.74) is 23.4. The Bertz CT molecular complexity index is 9880. The van der Waals surface area contributed by atoms with E-state index in [4.69, 9.17) is 44.9 Å². The van der Waals surface area contributed by atoms with Crippen LogP contribution >= 0.6 is 0 Å². The molecule has 12 heteroatoms. The van der Waals surface area contributed by atoms with Crippen molar-refractivity contribution in [3.05, 3.63) is 522 Å². The summed E-state index contributed by atoms with van der Waals surface area (Å²) in [4.78, 5) is 46.1. The molecule has 0 bridgehead atoms. The average Bonchev–Trinajstić information content (AvgIpc) is 1.62. The summed E-state index contributed by atoms with van der Waals surface area (Å²) in [7, 11) is 0. The van der Waals surface area contributed by atoms with Gasteiger partial charge in [-0.15, -0.1) is 0 Å². The van der Waals surface area contributed by atoms with Crippen LogP contribution in [0.5, 0.6) is 0 Å². The summed E-state index contributed by atoms with van der Waals surface area (Å²) >= 11 is 0. The molecule has 0 aliphatic rings. The quantitative estimate of drug-likeness (QED) is 0.104. The van der Waals surface area contributed by atoms with Crippen LogP contribution in [0.3, 0.4) is 0 Å². The number of rotatable bonds is 14. The molecular weight excluding hydrogens is 1790 g/mol. The highest BCUT2D eigenvalue weighted by molar-refractivity contribution is 6.14. The standard InChI is InChI=1S/C49H32N4.C45H28N4.C41H26N4/c1-3-16-33(17-4-1)37-21-7-9-25-42(37)48-50-47(51-49(52-48)43-26-10-8-22-38(43)34-18-5-2-6-19-34)36-30-31-39-35(32-36)20-15-29-44(39)53-45-27-13-11-23-40(45)41-24-12-14-28-46(41)53;1-3-12-31-26-34(22-20-29(31)10-1)43-46-44(35-23-21-30-11-2-4-13-32(30)27-35)48-45(47-43)40-17-9-14-33-28-36(24-25-37(33)40)49-41-18-7-5-15-38(41)39-16-6-8-19-42(39)49;1-2-12-29(13-3-1)39-42-40(31-23-21-27-11-4-5-14-30(27)25-31)44-41(43-39)32-24-22-28-15-10-20-38(35(28)26-32)45-36-18-8-6-16-33(36)34-17-7-9-19-37(34)45/h1-32H;1-28H;1-26H. The molecule has 23 aromatic carbocycles. The summed E-state index contributed by atoms with van der Waals surface area (Å²) < 4.78 is 7.11. The second kappa shape index (κ2) is 36.9. The van der Waals surface area contributed by atoms with Gasteiger partial charge in [-0.3, -0.25) is 0 Å². The van der Waals surface area contributed by atoms with Crippen molar-refractivity contribution in [2.24, 2.45) is 0 Å². The molecule has 0 radical (unpaired) electrons. The second-order valence-corrected chi connectivity index (χ2v) is 37.0. The van der Waals surface area contributed by atoms with Crippen LogP contribution in [0, 0.1) is 0 Å². The van der Waals surface area contributed by atoms with E-state index in [2.05, 4.69) is 493 Å². The van der Waals surface area contributed by atoms with Crippen LogP contribution in [0.25, 0.3) is 272 Å². The fourth-order valence-corrected chi connectivity index (χ4v) is 21.3. The van der Waals surface area contributed by atoms with E-state index in [-0.39, 0.29) is 0 Å². The minimum absolute atomic E-state index is 0.625. The van der Waals surface area contributed by atoms with Crippen LogP contribution in [-0.2, 0) is 0 Å². The predicted molar refractivity (Wildman–Crippen MR) is 607 cm³/mol. The van der Waals surface area contributed by atoms with Crippen molar-refractivity contribution in [3.63, 3.8) is 0 Å². The van der Waals surface area contributed by atoms with E-state index in [1.165, 1.54) is 81.6 Å². The number of hydrogen-bond acceptors (Lipinski definition) is 9. The molecule has 0 N–H and O–H groups in total. The SMILES string of the molecule is c1ccc(-c2ccccc2-c2nc(-c3ccc4c(-n5c6ccccc6c6ccccc65)cccc4c3)nc(-c3ccccc3-c3ccccc3)n2)cc1.c1ccc(-c2nc(-c3ccc4ccccc4c3)nc(-c3ccc4cccc(-n5c6ccccc6c6ccccc65)c4c3)n2)cc1.c1ccc2cc(-c3nc(-c4ccc5ccccc5c4)nc(-c4cccc5cc(-n6c7ccccc7c7ccccc76)ccc45)n3)ccc2c1. The van der Waals surface area contributed by atoms with Gasteiger partial charge in [-0.1, -0.05) is 431 Å². The maximum absolute atomic E-state index is 5.22. The van der Waals surface area contributed by atoms with Crippen LogP contribution in [0.2, 0.25) is 0 Å². The van der Waals surface area contributed by atoms with Gasteiger partial charge in [0.15, 0.2) is 52.4 Å². The molecule has 0 atom stereocenters. The van der Waals surface area contributed by atoms with E-state index in [1.807, 2.05) is 42.5 Å². The molecule has 0 saturated heterocycles. The highest BCUT2D eigenvalue weighted by Gasteiger charge is 2.25. The van der Waals surface area contributed by atoms with Crippen LogP contribution in [-0.4, -0.2) is 58.6 Å². The number of fused-ring (bicyclic) bond motifs is 15. The van der Waals surface area contributed by atoms with Gasteiger partial charge in [0.1, 0.15) is 0 Å². The van der Waals surface area contributed by atoms with Gasteiger partial charge in [0.05, 0.1) is 44.5 Å². The van der Waals surface area contributed by atoms with Crippen molar-refractivity contribution in [1.82, 2.24) is 58.6 Å². The molecule has 0 saturated carbocycles. The molecule has 0 spiro atoms. The van der Waals surface area contributed by atoms with Crippen LogP contribution in [0.1, 0.15) is 0 Å². The summed E-state index contributed by atoms with van der Waals surface area (Å²) in [6, 6.07) is 183. The molecule has 6 heterocycles. The monoisotopic (exact) mass is 1870 g/mol. The lowest BCUT2D eigenvalue weighted by molar-refractivity contribution is 1.07. The third-order valence-corrected chi connectivity index (χ3v) is 28.3. The molecule has 29 rings (SSSR count). The number of para-hydroxylation sites is 6. The topological polar surface area (TPSA) is 131 Å². The van der Waals surface area contributed by atoms with Crippen molar-refractivity contribution < 1.29 is 0 Å². The van der Waals surface area contributed by atoms with Gasteiger partial charge < -0.3 is 13.7 Å². The minimum atomic E-state index is 0.625. The molecule has 6 aromatic heterocycles. The highest BCUT2D eigenvalue weighted by Crippen LogP contribution is 2.44. The zero-order valence-corrected chi connectivity index (χ0v) is 79.5. The van der Waals surface area contributed by atoms with E-state index >= 15 is 0 Å². The molecule has 147 heavy (non-hydrogen) atoms. The normalized spacial score (nSPS) is 11.5. The van der Waals surface area contributed by atoms with E-state index in [9.17, 15) is 0 Å². The Morgan fingerprint density at radius 3 is 0.789 bits per heavy atom. The molecule has 0 aliphatic carbocycles. The zero-order valence-electron chi connectivity index (χ0n) is 79.5. The zero-order chi connectivity index (χ0) is 97.2. The largest absolute Gasteiger partial charge is 0.309 e. The maximum Gasteiger partial charge on any atom is 0.164 e. The molecular formula is C135H86N12. The lowest BCUT2D eigenvalue weighted by atomic mass is 9.98. The van der Waals surface area contributed by atoms with Gasteiger partial charge in [-0.2, -0.15) is 0 Å². The summed E-state index contributed by atoms with van der Waals surface area (Å²) in [5, 5.41) is 21.2. The van der Waals surface area contributed by atoms with E-state index < -0.39 is 0 Å². The Kier molecular flexibility index (Phi) is 21.6. The van der Waals surface area contributed by atoms with E-state index in [1.54, 1.807) is 0 Å². The number of hydrogen-bond donors (Lipinski definition) is 0. The lowest BCUT2D eigenvalue weighted by Crippen LogP contribution is -2.02. The van der Waals surface area contributed by atoms with Gasteiger partial charge in [0, 0.05) is 98.8 Å². The molecule has 0 aliphatic heterocycles. The van der Waals surface area contributed by atoms with Crippen molar-refractivity contribution in [2.45, 2.75) is 0 Å². The van der Waals surface area contributed by atoms with Gasteiger partial charge >= 0.3 is 0 Å². The van der Waals surface area contributed by atoms with Gasteiger partial charge in [0.2, 0.25) is 0 Å². The molecule has 686 valence electrons. The Hall–Kier alpha value is -20.0. The van der Waals surface area contributed by atoms with Gasteiger partial charge in [-0.05, 0) is 167 Å². The smallest absolute Gasteiger partial charge is 0.164 e. The lowest BCUT2D eigenvalue weighted by Gasteiger charge is -2.15. The third-order valence-electron chi connectivity index (χ3n) is 28.3. The van der Waals surface area contributed by atoms with Crippen molar-refractivity contribution in [3.8, 4) is 142 Å². The molecule has 0 amide bonds. The minimum Gasteiger partial charge on any atom is -0.309 e. The first-order valence-electron chi connectivity index (χ1n) is 49.5. The van der Waals surface area contributed by atoms with Gasteiger partial charge in [-0.25, -0.2) is 44.9 Å². The predicted octanol–water partition coefficient (Wildman–Crippen LogP) is 34.2. The number of benzene rings is 23. The molecule has 29 aromatic rings. The number of nitrogens with zero attached hydrogens (tertiary/aromatic N) is 12. The van der Waals surface area contributed by atoms with E-state index in [0.717, 1.165) is 138 Å². The Morgan fingerprint density at radius 2 is 0.374 bits per heavy atom. The Morgan fingerprint density at radius 1 is 0.116 bits per heavy atom. The Balaban J connectivity index is 0.000000109. The fraction of sp³-hybridized carbons (Fsp3) is 0. The fourth-order valence-electron chi connectivity index (χ4n) is 21.3. The summed E-state index contributed by atoms with van der Waals surface area (Å²) in [6.07, 6.45) is 0. The molecule has 0 fully saturated rings. The first-order chi connectivity index (χ1) is 72.9. The second-order valence-electron chi connectivity index (χ2n) is 37.0. The Labute approximate surface area is 846 Å². The van der Waals surface area contributed by atoms with Crippen LogP contribution in [0.15, 0.2) is 522 Å². The van der Waals surface area contributed by atoms with Crippen molar-refractivity contribution >= 4 is 130 Å². The van der Waals surface area contributed by atoms with Crippen LogP contribution < -0.4 is 0 Å². The van der Waals surface area contributed by atoms with E-state index in [0.29, 0.717) is 52.4 Å². The van der Waals surface area contributed by atoms with Gasteiger partial charge in [0.25, 0.3) is 0 Å². The maximum atomic E-state index is 5.22. The highest BCUT2D eigenvalue weighted by atomic mass is 15.1. The first kappa shape index (κ1) is 86.2. The first-order valence-corrected chi connectivity index (χ1v) is 49.5. The number of aromatic nitrogens is 12. The average molecular weight is 1880 g/mol.